The second-order valence-corrected chi connectivity index (χ2v) is 8.64. The molecule has 1 N–H and O–H groups in total. The van der Waals surface area contributed by atoms with Crippen LogP contribution in [0.25, 0.3) is 0 Å². The summed E-state index contributed by atoms with van der Waals surface area (Å²) in [6.07, 6.45) is 6.63. The van der Waals surface area contributed by atoms with E-state index in [9.17, 15) is 9.90 Å². The maximum absolute atomic E-state index is 11.3. The number of hydrogen-bond acceptors (Lipinski definition) is 4. The number of ether oxygens (including phenoxy) is 1. The van der Waals surface area contributed by atoms with Crippen LogP contribution in [-0.2, 0) is 11.2 Å². The van der Waals surface area contributed by atoms with Gasteiger partial charge in [0.15, 0.2) is 0 Å². The number of benzene rings is 2. The Labute approximate surface area is 196 Å². The van der Waals surface area contributed by atoms with Crippen molar-refractivity contribution in [3.8, 4) is 0 Å². The lowest BCUT2D eigenvalue weighted by Crippen LogP contribution is -2.38. The quantitative estimate of drug-likeness (QED) is 0.426. The summed E-state index contributed by atoms with van der Waals surface area (Å²) < 4.78 is 6.64. The number of piperidine rings is 1. The first-order valence-corrected chi connectivity index (χ1v) is 11.9. The van der Waals surface area contributed by atoms with Gasteiger partial charge in [0, 0.05) is 19.3 Å². The fourth-order valence-electron chi connectivity index (χ4n) is 4.53. The molecule has 2 heterocycles. The van der Waals surface area contributed by atoms with E-state index >= 15 is 0 Å². The number of carbonyl (C=O) groups is 1. The molecule has 1 saturated heterocycles. The van der Waals surface area contributed by atoms with Crippen LogP contribution in [0.1, 0.15) is 59.0 Å². The van der Waals surface area contributed by atoms with Gasteiger partial charge in [-0.3, -0.25) is 4.98 Å². The van der Waals surface area contributed by atoms with Crippen LogP contribution in [0.15, 0.2) is 79.0 Å². The summed E-state index contributed by atoms with van der Waals surface area (Å²) in [5.41, 5.74) is 3.40. The zero-order chi connectivity index (χ0) is 22.9. The molecule has 1 fully saturated rings. The van der Waals surface area contributed by atoms with Crippen LogP contribution in [-0.4, -0.2) is 46.7 Å². The number of aromatic nitrogens is 1. The van der Waals surface area contributed by atoms with Crippen molar-refractivity contribution in [1.29, 1.82) is 0 Å². The second-order valence-electron chi connectivity index (χ2n) is 8.64. The molecule has 0 atom stereocenters. The van der Waals surface area contributed by atoms with E-state index in [1.54, 1.807) is 18.3 Å². The van der Waals surface area contributed by atoms with Gasteiger partial charge in [0.2, 0.25) is 0 Å². The number of unbranched alkanes of at least 4 members (excludes halogenated alkanes) is 1. The van der Waals surface area contributed by atoms with Crippen molar-refractivity contribution >= 4 is 5.97 Å². The molecule has 3 aromatic rings. The summed E-state index contributed by atoms with van der Waals surface area (Å²) >= 11 is 0. The van der Waals surface area contributed by atoms with E-state index in [4.69, 9.17) is 4.74 Å². The van der Waals surface area contributed by atoms with Gasteiger partial charge in [-0.05, 0) is 61.9 Å². The van der Waals surface area contributed by atoms with Crippen molar-refractivity contribution in [1.82, 2.24) is 9.88 Å². The lowest BCUT2D eigenvalue weighted by Gasteiger charge is -2.34. The predicted octanol–water partition coefficient (Wildman–Crippen LogP) is 5.37. The maximum Gasteiger partial charge on any atom is 0.337 e. The highest BCUT2D eigenvalue weighted by molar-refractivity contribution is 5.88. The lowest BCUT2D eigenvalue weighted by atomic mass is 10.00. The molecule has 5 heteroatoms. The number of carboxylic acids is 1. The Bertz CT molecular complexity index is 962. The minimum atomic E-state index is -0.899. The molecular weight excluding hydrogens is 412 g/mol. The molecule has 0 amide bonds. The first-order valence-electron chi connectivity index (χ1n) is 11.9. The number of nitrogens with zero attached hydrogens (tertiary/aromatic N) is 2. The van der Waals surface area contributed by atoms with E-state index < -0.39 is 5.97 Å². The molecule has 33 heavy (non-hydrogen) atoms. The highest BCUT2D eigenvalue weighted by Crippen LogP contribution is 2.30. The normalized spacial score (nSPS) is 15.1. The Hall–Kier alpha value is -3.02. The standard InChI is InChI=1S/C28H32N2O3/c31-28(32)25-14-9-18-29-26(25)15-7-8-19-30-20-16-24(17-21-30)33-27(22-10-3-1-4-11-22)23-12-5-2-6-13-23/h1-6,9-14,18,24,27H,7-8,15-17,19-21H2,(H,31,32). The molecule has 5 nitrogen and oxygen atoms in total. The van der Waals surface area contributed by atoms with Crippen molar-refractivity contribution in [2.24, 2.45) is 0 Å². The van der Waals surface area contributed by atoms with Crippen molar-refractivity contribution in [2.45, 2.75) is 44.3 Å². The minimum Gasteiger partial charge on any atom is -0.478 e. The van der Waals surface area contributed by atoms with Crippen LogP contribution in [0.5, 0.6) is 0 Å². The van der Waals surface area contributed by atoms with Gasteiger partial charge in [0.25, 0.3) is 0 Å². The topological polar surface area (TPSA) is 62.7 Å². The van der Waals surface area contributed by atoms with E-state index in [1.807, 2.05) is 12.1 Å². The number of rotatable bonds is 10. The smallest absolute Gasteiger partial charge is 0.337 e. The van der Waals surface area contributed by atoms with E-state index in [1.165, 1.54) is 11.1 Å². The molecule has 1 aliphatic rings. The van der Waals surface area contributed by atoms with E-state index in [0.29, 0.717) is 17.7 Å². The fraction of sp³-hybridized carbons (Fsp3) is 0.357. The molecule has 172 valence electrons. The van der Waals surface area contributed by atoms with E-state index in [-0.39, 0.29) is 12.2 Å². The third-order valence-electron chi connectivity index (χ3n) is 6.33. The van der Waals surface area contributed by atoms with Crippen LogP contribution in [0, 0.1) is 0 Å². The summed E-state index contributed by atoms with van der Waals surface area (Å²) in [6.45, 7) is 3.10. The highest BCUT2D eigenvalue weighted by Gasteiger charge is 2.24. The van der Waals surface area contributed by atoms with E-state index in [2.05, 4.69) is 58.4 Å². The van der Waals surface area contributed by atoms with Gasteiger partial charge in [0.05, 0.1) is 17.4 Å². The summed E-state index contributed by atoms with van der Waals surface area (Å²) in [5.74, 6) is -0.899. The van der Waals surface area contributed by atoms with E-state index in [0.717, 1.165) is 45.3 Å². The average molecular weight is 445 g/mol. The molecule has 0 aliphatic carbocycles. The molecule has 2 aromatic carbocycles. The van der Waals surface area contributed by atoms with Gasteiger partial charge in [-0.2, -0.15) is 0 Å². The Kier molecular flexibility index (Phi) is 8.23. The summed E-state index contributed by atoms with van der Waals surface area (Å²) in [4.78, 5) is 18.1. The molecule has 0 unspecified atom stereocenters. The Morgan fingerprint density at radius 1 is 0.939 bits per heavy atom. The summed E-state index contributed by atoms with van der Waals surface area (Å²) in [6, 6.07) is 24.3. The fourth-order valence-corrected chi connectivity index (χ4v) is 4.53. The largest absolute Gasteiger partial charge is 0.478 e. The Morgan fingerprint density at radius 3 is 2.18 bits per heavy atom. The summed E-state index contributed by atoms with van der Waals surface area (Å²) in [5, 5.41) is 9.30. The van der Waals surface area contributed by atoms with Crippen molar-refractivity contribution in [3.63, 3.8) is 0 Å². The Balaban J connectivity index is 1.24. The molecule has 1 aliphatic heterocycles. The Morgan fingerprint density at radius 2 is 1.58 bits per heavy atom. The van der Waals surface area contributed by atoms with Gasteiger partial charge >= 0.3 is 5.97 Å². The number of carboxylic acid groups (broad SMARTS) is 1. The minimum absolute atomic E-state index is 0.0363. The van der Waals surface area contributed by atoms with Crippen LogP contribution in [0.2, 0.25) is 0 Å². The number of pyridine rings is 1. The predicted molar refractivity (Wildman–Crippen MR) is 129 cm³/mol. The number of likely N-dealkylation sites (tertiary alicyclic amines) is 1. The molecular formula is C28H32N2O3. The molecule has 1 aromatic heterocycles. The third kappa shape index (κ3) is 6.50. The average Bonchev–Trinajstić information content (AvgIpc) is 2.87. The van der Waals surface area contributed by atoms with Gasteiger partial charge in [-0.15, -0.1) is 0 Å². The summed E-state index contributed by atoms with van der Waals surface area (Å²) in [7, 11) is 0. The van der Waals surface area contributed by atoms with Crippen LogP contribution in [0.4, 0.5) is 0 Å². The number of aromatic carboxylic acids is 1. The first-order chi connectivity index (χ1) is 16.2. The second kappa shape index (κ2) is 11.7. The lowest BCUT2D eigenvalue weighted by molar-refractivity contribution is -0.0270. The van der Waals surface area contributed by atoms with Crippen LogP contribution < -0.4 is 0 Å². The third-order valence-corrected chi connectivity index (χ3v) is 6.33. The first kappa shape index (κ1) is 23.1. The van der Waals surface area contributed by atoms with Gasteiger partial charge in [-0.1, -0.05) is 60.7 Å². The van der Waals surface area contributed by atoms with Crippen LogP contribution >= 0.6 is 0 Å². The van der Waals surface area contributed by atoms with Gasteiger partial charge in [-0.25, -0.2) is 4.79 Å². The molecule has 0 bridgehead atoms. The van der Waals surface area contributed by atoms with Crippen LogP contribution in [0.3, 0.4) is 0 Å². The molecule has 0 spiro atoms. The highest BCUT2D eigenvalue weighted by atomic mass is 16.5. The number of hydrogen-bond donors (Lipinski definition) is 1. The molecule has 4 rings (SSSR count). The maximum atomic E-state index is 11.3. The van der Waals surface area contributed by atoms with Crippen molar-refractivity contribution < 1.29 is 14.6 Å². The monoisotopic (exact) mass is 444 g/mol. The van der Waals surface area contributed by atoms with Crippen molar-refractivity contribution in [2.75, 3.05) is 19.6 Å². The van der Waals surface area contributed by atoms with Gasteiger partial charge < -0.3 is 14.7 Å². The SMILES string of the molecule is O=C(O)c1cccnc1CCCCN1CCC(OC(c2ccccc2)c2ccccc2)CC1. The zero-order valence-electron chi connectivity index (χ0n) is 19.0. The number of aryl methyl sites for hydroxylation is 1. The van der Waals surface area contributed by atoms with Gasteiger partial charge in [0.1, 0.15) is 6.10 Å². The zero-order valence-corrected chi connectivity index (χ0v) is 19.0. The molecule has 0 saturated carbocycles. The van der Waals surface area contributed by atoms with Crippen molar-refractivity contribution in [3.05, 3.63) is 101 Å². The molecule has 0 radical (unpaired) electrons.